The van der Waals surface area contributed by atoms with E-state index in [1.165, 1.54) is 11.1 Å². The molecule has 2 nitrogen and oxygen atoms in total. The first-order chi connectivity index (χ1) is 7.75. The van der Waals surface area contributed by atoms with Gasteiger partial charge in [0.2, 0.25) is 0 Å². The summed E-state index contributed by atoms with van der Waals surface area (Å²) >= 11 is 0. The summed E-state index contributed by atoms with van der Waals surface area (Å²) in [5, 5.41) is 1.77. The summed E-state index contributed by atoms with van der Waals surface area (Å²) in [6.07, 6.45) is 0. The molecule has 2 heteroatoms. The van der Waals surface area contributed by atoms with Crippen LogP contribution in [0.25, 0.3) is 0 Å². The minimum atomic E-state index is 0.726. The Hall–Kier alpha value is -1.80. The molecule has 16 heavy (non-hydrogen) atoms. The molecule has 0 amide bonds. The molecule has 0 saturated heterocycles. The summed E-state index contributed by atoms with van der Waals surface area (Å²) in [6, 6.07) is 18.4. The van der Waals surface area contributed by atoms with Gasteiger partial charge < -0.3 is 5.01 Å². The SMILES string of the molecule is Cc1cccc(N(N)Cc2ccccc2)c1. The van der Waals surface area contributed by atoms with Crippen molar-refractivity contribution in [3.05, 3.63) is 65.7 Å². The monoisotopic (exact) mass is 212 g/mol. The molecule has 2 aromatic carbocycles. The first-order valence-corrected chi connectivity index (χ1v) is 5.38. The molecule has 2 aromatic rings. The average Bonchev–Trinajstić information content (AvgIpc) is 2.30. The fourth-order valence-corrected chi connectivity index (χ4v) is 1.68. The minimum absolute atomic E-state index is 0.726. The van der Waals surface area contributed by atoms with Gasteiger partial charge in [-0.15, -0.1) is 0 Å². The fourth-order valence-electron chi connectivity index (χ4n) is 1.68. The Morgan fingerprint density at radius 1 is 1.00 bits per heavy atom. The van der Waals surface area contributed by atoms with E-state index < -0.39 is 0 Å². The van der Waals surface area contributed by atoms with Crippen molar-refractivity contribution in [1.29, 1.82) is 0 Å². The molecule has 0 aliphatic carbocycles. The zero-order valence-corrected chi connectivity index (χ0v) is 9.43. The third-order valence-electron chi connectivity index (χ3n) is 2.53. The van der Waals surface area contributed by atoms with Gasteiger partial charge in [0, 0.05) is 0 Å². The second kappa shape index (κ2) is 4.81. The fraction of sp³-hybridized carbons (Fsp3) is 0.143. The van der Waals surface area contributed by atoms with Crippen molar-refractivity contribution in [2.45, 2.75) is 13.5 Å². The van der Waals surface area contributed by atoms with Gasteiger partial charge in [-0.2, -0.15) is 0 Å². The maximum absolute atomic E-state index is 6.03. The van der Waals surface area contributed by atoms with Crippen molar-refractivity contribution in [2.75, 3.05) is 5.01 Å². The van der Waals surface area contributed by atoms with Crippen molar-refractivity contribution in [3.63, 3.8) is 0 Å². The smallest absolute Gasteiger partial charge is 0.0592 e. The second-order valence-electron chi connectivity index (χ2n) is 3.95. The Bertz CT molecular complexity index is 451. The van der Waals surface area contributed by atoms with E-state index in [0.29, 0.717) is 0 Å². The van der Waals surface area contributed by atoms with Gasteiger partial charge in [-0.3, -0.25) is 0 Å². The first kappa shape index (κ1) is 10.7. The molecule has 0 atom stereocenters. The third-order valence-corrected chi connectivity index (χ3v) is 2.53. The van der Waals surface area contributed by atoms with E-state index in [2.05, 4.69) is 31.2 Å². The average molecular weight is 212 g/mol. The lowest BCUT2D eigenvalue weighted by Crippen LogP contribution is -2.29. The quantitative estimate of drug-likeness (QED) is 0.626. The standard InChI is InChI=1S/C14H16N2/c1-12-6-5-9-14(10-12)16(15)11-13-7-3-2-4-8-13/h2-10H,11,15H2,1H3. The van der Waals surface area contributed by atoms with Crippen LogP contribution in [-0.4, -0.2) is 0 Å². The van der Waals surface area contributed by atoms with Gasteiger partial charge in [-0.05, 0) is 30.2 Å². The van der Waals surface area contributed by atoms with E-state index in [-0.39, 0.29) is 0 Å². The molecule has 0 aliphatic heterocycles. The van der Waals surface area contributed by atoms with Gasteiger partial charge in [-0.25, -0.2) is 5.84 Å². The number of hydrogen-bond donors (Lipinski definition) is 1. The topological polar surface area (TPSA) is 29.3 Å². The molecule has 0 spiro atoms. The van der Waals surface area contributed by atoms with Crippen molar-refractivity contribution in [3.8, 4) is 0 Å². The van der Waals surface area contributed by atoms with Gasteiger partial charge in [0.15, 0.2) is 0 Å². The van der Waals surface area contributed by atoms with E-state index in [0.717, 1.165) is 12.2 Å². The van der Waals surface area contributed by atoms with Crippen LogP contribution in [0.1, 0.15) is 11.1 Å². The largest absolute Gasteiger partial charge is 0.307 e. The van der Waals surface area contributed by atoms with Crippen LogP contribution < -0.4 is 10.9 Å². The predicted molar refractivity (Wildman–Crippen MR) is 68.0 cm³/mol. The summed E-state index contributed by atoms with van der Waals surface area (Å²) < 4.78 is 0. The Balaban J connectivity index is 2.12. The van der Waals surface area contributed by atoms with Crippen LogP contribution in [0.2, 0.25) is 0 Å². The highest BCUT2D eigenvalue weighted by molar-refractivity contribution is 5.47. The van der Waals surface area contributed by atoms with Gasteiger partial charge in [0.1, 0.15) is 0 Å². The molecule has 0 fully saturated rings. The number of nitrogens with zero attached hydrogens (tertiary/aromatic N) is 1. The lowest BCUT2D eigenvalue weighted by atomic mass is 10.2. The molecular weight excluding hydrogens is 196 g/mol. The summed E-state index contributed by atoms with van der Waals surface area (Å²) in [4.78, 5) is 0. The molecule has 0 bridgehead atoms. The number of benzene rings is 2. The highest BCUT2D eigenvalue weighted by atomic mass is 15.4. The number of nitrogens with two attached hydrogens (primary N) is 1. The number of hydrazine groups is 1. The highest BCUT2D eigenvalue weighted by Crippen LogP contribution is 2.15. The van der Waals surface area contributed by atoms with Crippen molar-refractivity contribution < 1.29 is 0 Å². The number of anilines is 1. The van der Waals surface area contributed by atoms with Crippen LogP contribution >= 0.6 is 0 Å². The molecule has 0 unspecified atom stereocenters. The van der Waals surface area contributed by atoms with Crippen LogP contribution in [0, 0.1) is 6.92 Å². The molecule has 0 aliphatic rings. The third kappa shape index (κ3) is 2.61. The maximum atomic E-state index is 6.03. The zero-order chi connectivity index (χ0) is 11.4. The number of rotatable bonds is 3. The van der Waals surface area contributed by atoms with Crippen LogP contribution in [-0.2, 0) is 6.54 Å². The Morgan fingerprint density at radius 3 is 2.44 bits per heavy atom. The maximum Gasteiger partial charge on any atom is 0.0592 e. The van der Waals surface area contributed by atoms with Crippen LogP contribution in [0.15, 0.2) is 54.6 Å². The molecule has 2 rings (SSSR count). The summed E-state index contributed by atoms with van der Waals surface area (Å²) in [5.74, 6) is 6.03. The van der Waals surface area contributed by atoms with Crippen LogP contribution in [0.3, 0.4) is 0 Å². The molecule has 2 N–H and O–H groups in total. The Labute approximate surface area is 96.3 Å². The molecular formula is C14H16N2. The summed E-state index contributed by atoms with van der Waals surface area (Å²) in [5.41, 5.74) is 3.48. The Morgan fingerprint density at radius 2 is 1.75 bits per heavy atom. The summed E-state index contributed by atoms with van der Waals surface area (Å²) in [6.45, 7) is 2.80. The van der Waals surface area contributed by atoms with Crippen molar-refractivity contribution in [2.24, 2.45) is 5.84 Å². The lowest BCUT2D eigenvalue weighted by molar-refractivity contribution is 0.852. The normalized spacial score (nSPS) is 10.1. The lowest BCUT2D eigenvalue weighted by Gasteiger charge is -2.19. The van der Waals surface area contributed by atoms with E-state index in [4.69, 9.17) is 5.84 Å². The zero-order valence-electron chi connectivity index (χ0n) is 9.43. The van der Waals surface area contributed by atoms with E-state index in [1.807, 2.05) is 30.3 Å². The van der Waals surface area contributed by atoms with Gasteiger partial charge in [0.05, 0.1) is 12.2 Å². The minimum Gasteiger partial charge on any atom is -0.307 e. The van der Waals surface area contributed by atoms with Crippen LogP contribution in [0.5, 0.6) is 0 Å². The molecule has 0 radical (unpaired) electrons. The number of aryl methyl sites for hydroxylation is 1. The van der Waals surface area contributed by atoms with Crippen LogP contribution in [0.4, 0.5) is 5.69 Å². The predicted octanol–water partition coefficient (Wildman–Crippen LogP) is 2.88. The van der Waals surface area contributed by atoms with Gasteiger partial charge >= 0.3 is 0 Å². The van der Waals surface area contributed by atoms with E-state index >= 15 is 0 Å². The van der Waals surface area contributed by atoms with Crippen molar-refractivity contribution in [1.82, 2.24) is 0 Å². The molecule has 82 valence electrons. The van der Waals surface area contributed by atoms with Gasteiger partial charge in [0.25, 0.3) is 0 Å². The van der Waals surface area contributed by atoms with Crippen molar-refractivity contribution >= 4 is 5.69 Å². The number of hydrogen-bond acceptors (Lipinski definition) is 2. The first-order valence-electron chi connectivity index (χ1n) is 5.38. The highest BCUT2D eigenvalue weighted by Gasteiger charge is 2.01. The van der Waals surface area contributed by atoms with E-state index in [9.17, 15) is 0 Å². The summed E-state index contributed by atoms with van der Waals surface area (Å²) in [7, 11) is 0. The molecule has 0 saturated carbocycles. The second-order valence-corrected chi connectivity index (χ2v) is 3.95. The van der Waals surface area contributed by atoms with Gasteiger partial charge in [-0.1, -0.05) is 42.5 Å². The molecule has 0 aromatic heterocycles. The Kier molecular flexibility index (Phi) is 3.22. The van der Waals surface area contributed by atoms with E-state index in [1.54, 1.807) is 5.01 Å². The molecule has 0 heterocycles.